The van der Waals surface area contributed by atoms with E-state index in [4.69, 9.17) is 9.84 Å². The average Bonchev–Trinajstić information content (AvgIpc) is 3.41. The highest BCUT2D eigenvalue weighted by Gasteiger charge is 2.50. The second-order valence-electron chi connectivity index (χ2n) is 8.42. The Morgan fingerprint density at radius 2 is 1.69 bits per heavy atom. The maximum atomic E-state index is 13.1. The number of piperidine rings is 1. The lowest BCUT2D eigenvalue weighted by atomic mass is 9.85. The number of carboxylic acid groups (broad SMARTS) is 1. The fraction of sp³-hybridized carbons (Fsp3) is 0.240. The summed E-state index contributed by atoms with van der Waals surface area (Å²) in [6.45, 7) is 1.20. The molecule has 0 aliphatic carbocycles. The summed E-state index contributed by atoms with van der Waals surface area (Å²) in [5, 5.41) is 15.0. The predicted molar refractivity (Wildman–Crippen MR) is 133 cm³/mol. The van der Waals surface area contributed by atoms with Crippen LogP contribution in [-0.2, 0) is 4.79 Å². The van der Waals surface area contributed by atoms with Crippen LogP contribution in [0.15, 0.2) is 66.7 Å². The lowest BCUT2D eigenvalue weighted by Gasteiger charge is -2.43. The zero-order valence-corrected chi connectivity index (χ0v) is 19.6. The van der Waals surface area contributed by atoms with E-state index in [0.29, 0.717) is 38.3 Å². The molecule has 3 heterocycles. The molecule has 5 rings (SSSR count). The molecule has 0 saturated carbocycles. The molecule has 3 aromatic rings. The van der Waals surface area contributed by atoms with Gasteiger partial charge in [0.05, 0.1) is 12.4 Å². The van der Waals surface area contributed by atoms with Gasteiger partial charge in [-0.15, -0.1) is 0 Å². The summed E-state index contributed by atoms with van der Waals surface area (Å²) in [7, 11) is 0. The molecule has 2 fully saturated rings. The number of hydrogen-bond acceptors (Lipinski definition) is 6. The first-order valence-electron chi connectivity index (χ1n) is 11.2. The highest BCUT2D eigenvalue weighted by atomic mass is 32.1. The number of likely N-dealkylation sites (tertiary alicyclic amines) is 1. The quantitative estimate of drug-likeness (QED) is 0.465. The van der Waals surface area contributed by atoms with E-state index >= 15 is 0 Å². The molecule has 1 aromatic heterocycles. The van der Waals surface area contributed by atoms with E-state index in [1.807, 2.05) is 60.7 Å². The molecule has 0 bridgehead atoms. The number of carbonyl (C=O) groups excluding carboxylic acids is 2. The fourth-order valence-electron chi connectivity index (χ4n) is 4.67. The van der Waals surface area contributed by atoms with Gasteiger partial charge >= 0.3 is 12.2 Å². The van der Waals surface area contributed by atoms with Gasteiger partial charge < -0.3 is 30.3 Å². The SMILES string of the molecule is O=C(O)Oc1sc(-c2ccccc2)cc1NC(=O)N1CCC2(CC1)C(=O)NCN2c1ccccc1. The van der Waals surface area contributed by atoms with Crippen molar-refractivity contribution in [2.24, 2.45) is 0 Å². The van der Waals surface area contributed by atoms with Crippen molar-refractivity contribution >= 4 is 40.8 Å². The van der Waals surface area contributed by atoms with Crippen molar-refractivity contribution in [1.29, 1.82) is 0 Å². The third kappa shape index (κ3) is 4.40. The number of urea groups is 1. The number of thiophene rings is 1. The zero-order chi connectivity index (χ0) is 24.4. The molecule has 2 saturated heterocycles. The number of amides is 3. The van der Waals surface area contributed by atoms with Crippen molar-refractivity contribution in [1.82, 2.24) is 10.2 Å². The molecular weight excluding hydrogens is 468 g/mol. The second kappa shape index (κ2) is 9.30. The topological polar surface area (TPSA) is 111 Å². The maximum Gasteiger partial charge on any atom is 0.512 e. The van der Waals surface area contributed by atoms with Crippen LogP contribution < -0.4 is 20.3 Å². The van der Waals surface area contributed by atoms with Crippen LogP contribution in [0.5, 0.6) is 5.06 Å². The molecule has 1 spiro atoms. The van der Waals surface area contributed by atoms with Gasteiger partial charge in [0, 0.05) is 23.7 Å². The largest absolute Gasteiger partial charge is 0.512 e. The van der Waals surface area contributed by atoms with Gasteiger partial charge in [0.15, 0.2) is 0 Å². The van der Waals surface area contributed by atoms with Crippen molar-refractivity contribution in [2.45, 2.75) is 18.4 Å². The van der Waals surface area contributed by atoms with Gasteiger partial charge in [-0.05, 0) is 36.6 Å². The molecule has 35 heavy (non-hydrogen) atoms. The lowest BCUT2D eigenvalue weighted by Crippen LogP contribution is -2.57. The monoisotopic (exact) mass is 492 g/mol. The van der Waals surface area contributed by atoms with Gasteiger partial charge in [0.1, 0.15) is 5.54 Å². The summed E-state index contributed by atoms with van der Waals surface area (Å²) in [4.78, 5) is 41.6. The second-order valence-corrected chi connectivity index (χ2v) is 9.44. The Kier molecular flexibility index (Phi) is 6.04. The number of para-hydroxylation sites is 1. The smallest absolute Gasteiger partial charge is 0.449 e. The Bertz CT molecular complexity index is 1240. The van der Waals surface area contributed by atoms with E-state index in [1.165, 1.54) is 0 Å². The standard InChI is InChI=1S/C25H24N4O5S/c30-22-25(29(16-26-22)18-9-5-2-6-10-18)11-13-28(14-12-25)23(31)27-19-15-20(17-7-3-1-4-8-17)35-21(19)34-24(32)33/h1-10,15H,11-14,16H2,(H,26,30)(H,27,31)(H,32,33). The first-order chi connectivity index (χ1) is 17.0. The van der Waals surface area contributed by atoms with Crippen LogP contribution in [0.3, 0.4) is 0 Å². The number of carbonyl (C=O) groups is 3. The van der Waals surface area contributed by atoms with Crippen LogP contribution in [0.1, 0.15) is 12.8 Å². The molecule has 3 N–H and O–H groups in total. The number of nitrogens with zero attached hydrogens (tertiary/aromatic N) is 2. The van der Waals surface area contributed by atoms with Crippen molar-refractivity contribution in [3.8, 4) is 15.5 Å². The van der Waals surface area contributed by atoms with Crippen molar-refractivity contribution < 1.29 is 24.2 Å². The van der Waals surface area contributed by atoms with Crippen molar-refractivity contribution in [3.05, 3.63) is 66.7 Å². The fourth-order valence-corrected chi connectivity index (χ4v) is 5.63. The Hall–Kier alpha value is -4.05. The van der Waals surface area contributed by atoms with Crippen LogP contribution in [0.25, 0.3) is 10.4 Å². The number of anilines is 2. The molecule has 0 radical (unpaired) electrons. The van der Waals surface area contributed by atoms with Gasteiger partial charge in [0.25, 0.3) is 0 Å². The Labute approximate surface area is 205 Å². The minimum atomic E-state index is -1.45. The maximum absolute atomic E-state index is 13.1. The number of ether oxygens (including phenoxy) is 1. The van der Waals surface area contributed by atoms with Crippen molar-refractivity contribution in [3.63, 3.8) is 0 Å². The number of benzene rings is 2. The molecule has 0 unspecified atom stereocenters. The summed E-state index contributed by atoms with van der Waals surface area (Å²) < 4.78 is 4.93. The molecule has 2 aliphatic heterocycles. The molecule has 10 heteroatoms. The van der Waals surface area contributed by atoms with E-state index in [9.17, 15) is 14.4 Å². The molecule has 0 atom stereocenters. The van der Waals surface area contributed by atoms with Gasteiger partial charge in [-0.3, -0.25) is 4.79 Å². The lowest BCUT2D eigenvalue weighted by molar-refractivity contribution is -0.124. The van der Waals surface area contributed by atoms with E-state index in [1.54, 1.807) is 11.0 Å². The first kappa shape index (κ1) is 22.7. The van der Waals surface area contributed by atoms with Gasteiger partial charge in [0.2, 0.25) is 11.0 Å². The van der Waals surface area contributed by atoms with Crippen LogP contribution >= 0.6 is 11.3 Å². The van der Waals surface area contributed by atoms with Crippen LogP contribution in [0.4, 0.5) is 21.0 Å². The van der Waals surface area contributed by atoms with Crippen LogP contribution in [-0.4, -0.2) is 53.4 Å². The number of rotatable bonds is 4. The minimum Gasteiger partial charge on any atom is -0.449 e. The van der Waals surface area contributed by atoms with Crippen LogP contribution in [0, 0.1) is 0 Å². The summed E-state index contributed by atoms with van der Waals surface area (Å²) in [5.41, 5.74) is 1.46. The third-order valence-corrected chi connectivity index (χ3v) is 7.52. The summed E-state index contributed by atoms with van der Waals surface area (Å²) in [5.74, 6) is -0.0242. The average molecular weight is 493 g/mol. The predicted octanol–water partition coefficient (Wildman–Crippen LogP) is 4.43. The van der Waals surface area contributed by atoms with E-state index < -0.39 is 11.7 Å². The minimum absolute atomic E-state index is 0.0242. The molecule has 3 amide bonds. The van der Waals surface area contributed by atoms with E-state index in [2.05, 4.69) is 15.5 Å². The Balaban J connectivity index is 1.31. The Morgan fingerprint density at radius 3 is 2.34 bits per heavy atom. The number of hydrogen-bond donors (Lipinski definition) is 3. The van der Waals surface area contributed by atoms with Gasteiger partial charge in [-0.1, -0.05) is 59.9 Å². The first-order valence-corrected chi connectivity index (χ1v) is 12.0. The normalized spacial score (nSPS) is 16.7. The highest BCUT2D eigenvalue weighted by Crippen LogP contribution is 2.41. The van der Waals surface area contributed by atoms with E-state index in [-0.39, 0.29) is 17.0 Å². The summed E-state index contributed by atoms with van der Waals surface area (Å²) in [6, 6.07) is 20.6. The summed E-state index contributed by atoms with van der Waals surface area (Å²) in [6.07, 6.45) is -0.480. The molecule has 2 aliphatic rings. The molecule has 180 valence electrons. The van der Waals surface area contributed by atoms with Crippen molar-refractivity contribution in [2.75, 3.05) is 30.0 Å². The summed E-state index contributed by atoms with van der Waals surface area (Å²) >= 11 is 1.15. The molecule has 2 aromatic carbocycles. The zero-order valence-electron chi connectivity index (χ0n) is 18.8. The molecule has 9 nitrogen and oxygen atoms in total. The molecular formula is C25H24N4O5S. The number of nitrogens with one attached hydrogen (secondary N) is 2. The third-order valence-electron chi connectivity index (χ3n) is 6.46. The van der Waals surface area contributed by atoms with Gasteiger partial charge in [-0.2, -0.15) is 0 Å². The van der Waals surface area contributed by atoms with E-state index in [0.717, 1.165) is 27.5 Å². The van der Waals surface area contributed by atoms with Gasteiger partial charge in [-0.25, -0.2) is 9.59 Å². The highest BCUT2D eigenvalue weighted by molar-refractivity contribution is 7.18. The Morgan fingerprint density at radius 1 is 1.03 bits per heavy atom. The van der Waals surface area contributed by atoms with Crippen LogP contribution in [0.2, 0.25) is 0 Å².